The number of nitrogens with two attached hydrogens (primary N) is 1. The predicted molar refractivity (Wildman–Crippen MR) is 149 cm³/mol. The van der Waals surface area contributed by atoms with Crippen molar-refractivity contribution in [3.05, 3.63) is 23.8 Å². The number of aliphatic carboxylic acids is 1. The van der Waals surface area contributed by atoms with Crippen molar-refractivity contribution >= 4 is 24.4 Å². The van der Waals surface area contributed by atoms with E-state index in [-0.39, 0.29) is 31.3 Å². The SMILES string of the molecule is CCCCCOC(=O)OC(C)C(C)C(c1ccc(OC(=O)OCCCC)c(OC(=O)OCCCC)c1)[C@H](N)C(=O)O. The molecule has 0 aliphatic rings. The molecule has 0 radical (unpaired) electrons. The van der Waals surface area contributed by atoms with Crippen LogP contribution in [0.3, 0.4) is 0 Å². The van der Waals surface area contributed by atoms with Gasteiger partial charge in [0.2, 0.25) is 0 Å². The lowest BCUT2D eigenvalue weighted by molar-refractivity contribution is -0.139. The summed E-state index contributed by atoms with van der Waals surface area (Å²) in [5.74, 6) is -3.18. The average molecular weight is 584 g/mol. The highest BCUT2D eigenvalue weighted by Crippen LogP contribution is 2.37. The van der Waals surface area contributed by atoms with E-state index < -0.39 is 48.4 Å². The van der Waals surface area contributed by atoms with E-state index in [2.05, 4.69) is 0 Å². The molecule has 1 aromatic rings. The van der Waals surface area contributed by atoms with Crippen molar-refractivity contribution in [3.63, 3.8) is 0 Å². The van der Waals surface area contributed by atoms with Gasteiger partial charge in [0.25, 0.3) is 0 Å². The van der Waals surface area contributed by atoms with Crippen molar-refractivity contribution in [3.8, 4) is 11.5 Å². The van der Waals surface area contributed by atoms with Gasteiger partial charge in [-0.05, 0) is 43.9 Å². The second-order valence-corrected chi connectivity index (χ2v) is 9.69. The van der Waals surface area contributed by atoms with Crippen LogP contribution in [-0.4, -0.2) is 61.5 Å². The van der Waals surface area contributed by atoms with E-state index in [4.69, 9.17) is 34.2 Å². The van der Waals surface area contributed by atoms with Gasteiger partial charge in [-0.15, -0.1) is 0 Å². The zero-order valence-corrected chi connectivity index (χ0v) is 24.7. The molecular weight excluding hydrogens is 538 g/mol. The van der Waals surface area contributed by atoms with Crippen LogP contribution < -0.4 is 15.2 Å². The third-order valence-corrected chi connectivity index (χ3v) is 6.40. The highest BCUT2D eigenvalue weighted by Gasteiger charge is 2.36. The molecule has 0 aliphatic heterocycles. The van der Waals surface area contributed by atoms with E-state index in [1.807, 2.05) is 20.8 Å². The molecule has 0 amide bonds. The molecule has 41 heavy (non-hydrogen) atoms. The fourth-order valence-corrected chi connectivity index (χ4v) is 3.82. The summed E-state index contributed by atoms with van der Waals surface area (Å²) in [6.07, 6.45) is 1.73. The van der Waals surface area contributed by atoms with Crippen LogP contribution in [0.1, 0.15) is 91.0 Å². The van der Waals surface area contributed by atoms with Crippen molar-refractivity contribution in [2.45, 2.75) is 97.6 Å². The number of carbonyl (C=O) groups excluding carboxylic acids is 3. The van der Waals surface area contributed by atoms with E-state index in [1.54, 1.807) is 13.8 Å². The summed E-state index contributed by atoms with van der Waals surface area (Å²) in [4.78, 5) is 48.7. The number of carboxylic acid groups (broad SMARTS) is 1. The second kappa shape index (κ2) is 19.5. The Kier molecular flexibility index (Phi) is 16.9. The van der Waals surface area contributed by atoms with Crippen molar-refractivity contribution in [1.29, 1.82) is 0 Å². The van der Waals surface area contributed by atoms with Gasteiger partial charge in [-0.25, -0.2) is 14.4 Å². The van der Waals surface area contributed by atoms with Gasteiger partial charge < -0.3 is 39.3 Å². The van der Waals surface area contributed by atoms with Crippen LogP contribution in [0.4, 0.5) is 14.4 Å². The highest BCUT2D eigenvalue weighted by atomic mass is 16.7. The summed E-state index contributed by atoms with van der Waals surface area (Å²) >= 11 is 0. The van der Waals surface area contributed by atoms with Gasteiger partial charge in [-0.3, -0.25) is 4.79 Å². The molecule has 1 aromatic carbocycles. The molecule has 232 valence electrons. The topological polar surface area (TPSA) is 170 Å². The van der Waals surface area contributed by atoms with Gasteiger partial charge in [0.1, 0.15) is 12.1 Å². The molecule has 0 aliphatic carbocycles. The Morgan fingerprint density at radius 2 is 1.27 bits per heavy atom. The zero-order valence-electron chi connectivity index (χ0n) is 24.7. The van der Waals surface area contributed by atoms with Crippen LogP contribution in [0, 0.1) is 5.92 Å². The summed E-state index contributed by atoms with van der Waals surface area (Å²) < 4.78 is 31.2. The Balaban J connectivity index is 3.27. The normalized spacial score (nSPS) is 13.7. The summed E-state index contributed by atoms with van der Waals surface area (Å²) in [5.41, 5.74) is 6.42. The molecule has 4 atom stereocenters. The monoisotopic (exact) mass is 583 g/mol. The molecule has 1 rings (SSSR count). The Bertz CT molecular complexity index is 968. The van der Waals surface area contributed by atoms with E-state index in [9.17, 15) is 24.3 Å². The number of carboxylic acids is 1. The number of carbonyl (C=O) groups is 4. The van der Waals surface area contributed by atoms with Crippen molar-refractivity contribution < 1.29 is 52.7 Å². The first-order chi connectivity index (χ1) is 19.5. The Labute approximate surface area is 241 Å². The molecule has 0 bridgehead atoms. The highest BCUT2D eigenvalue weighted by molar-refractivity contribution is 5.75. The predicted octanol–water partition coefficient (Wildman–Crippen LogP) is 6.18. The fraction of sp³-hybridized carbons (Fsp3) is 0.655. The van der Waals surface area contributed by atoms with Gasteiger partial charge >= 0.3 is 24.4 Å². The number of unbranched alkanes of at least 4 members (excludes halogenated alkanes) is 4. The lowest BCUT2D eigenvalue weighted by Crippen LogP contribution is -2.42. The Morgan fingerprint density at radius 3 is 1.80 bits per heavy atom. The third-order valence-electron chi connectivity index (χ3n) is 6.40. The third kappa shape index (κ3) is 13.1. The van der Waals surface area contributed by atoms with E-state index in [0.717, 1.165) is 25.7 Å². The van der Waals surface area contributed by atoms with E-state index >= 15 is 0 Å². The first-order valence-electron chi connectivity index (χ1n) is 14.2. The zero-order chi connectivity index (χ0) is 30.8. The van der Waals surface area contributed by atoms with Crippen LogP contribution in [0.25, 0.3) is 0 Å². The molecule has 3 N–H and O–H groups in total. The summed E-state index contributed by atoms with van der Waals surface area (Å²) in [6.45, 7) is 9.65. The maximum absolute atomic E-state index is 12.3. The summed E-state index contributed by atoms with van der Waals surface area (Å²) in [6, 6.07) is 2.75. The van der Waals surface area contributed by atoms with Gasteiger partial charge in [-0.2, -0.15) is 0 Å². The molecule has 0 aromatic heterocycles. The smallest absolute Gasteiger partial charge is 0.480 e. The van der Waals surface area contributed by atoms with Crippen LogP contribution in [0.5, 0.6) is 11.5 Å². The second-order valence-electron chi connectivity index (χ2n) is 9.69. The minimum atomic E-state index is -1.42. The average Bonchev–Trinajstić information content (AvgIpc) is 2.92. The Morgan fingerprint density at radius 1 is 0.756 bits per heavy atom. The first kappa shape index (κ1) is 35.5. The number of rotatable bonds is 18. The largest absolute Gasteiger partial charge is 0.513 e. The molecule has 0 saturated heterocycles. The quantitative estimate of drug-likeness (QED) is 0.0871. The molecule has 12 heteroatoms. The molecule has 0 heterocycles. The number of hydrogen-bond acceptors (Lipinski definition) is 11. The van der Waals surface area contributed by atoms with Crippen LogP contribution >= 0.6 is 0 Å². The maximum Gasteiger partial charge on any atom is 0.513 e. The van der Waals surface area contributed by atoms with Gasteiger partial charge in [0.15, 0.2) is 11.5 Å². The molecule has 12 nitrogen and oxygen atoms in total. The van der Waals surface area contributed by atoms with Crippen LogP contribution in [0.2, 0.25) is 0 Å². The fourth-order valence-electron chi connectivity index (χ4n) is 3.82. The number of hydrogen-bond donors (Lipinski definition) is 2. The molecule has 0 spiro atoms. The standard InChI is InChI=1S/C29H45NO11/c1-6-9-12-17-38-27(33)39-20(5)19(4)24(25(30)26(31)32)21-13-14-22(40-28(34)36-15-10-7-2)23(18-21)41-29(35)37-16-11-8-3/h13-14,18-20,24-25H,6-12,15-17,30H2,1-5H3,(H,31,32)/t19?,20?,24?,25-/m0/s1. The van der Waals surface area contributed by atoms with Crippen LogP contribution in [-0.2, 0) is 23.7 Å². The van der Waals surface area contributed by atoms with Gasteiger partial charge in [0.05, 0.1) is 19.8 Å². The Hall–Kier alpha value is -3.54. The van der Waals surface area contributed by atoms with E-state index in [0.29, 0.717) is 24.8 Å². The lowest BCUT2D eigenvalue weighted by atomic mass is 9.79. The summed E-state index contributed by atoms with van der Waals surface area (Å²) in [5, 5.41) is 9.76. The minimum absolute atomic E-state index is 0.122. The first-order valence-corrected chi connectivity index (χ1v) is 14.2. The molecule has 0 saturated carbocycles. The molecular formula is C29H45NO11. The van der Waals surface area contributed by atoms with Crippen molar-refractivity contribution in [2.75, 3.05) is 19.8 Å². The molecule has 0 fully saturated rings. The van der Waals surface area contributed by atoms with Crippen LogP contribution in [0.15, 0.2) is 18.2 Å². The minimum Gasteiger partial charge on any atom is -0.480 e. The lowest BCUT2D eigenvalue weighted by Gasteiger charge is -2.31. The molecule has 3 unspecified atom stereocenters. The van der Waals surface area contributed by atoms with Gasteiger partial charge in [-0.1, -0.05) is 59.4 Å². The maximum atomic E-state index is 12.3. The number of ether oxygens (including phenoxy) is 6. The van der Waals surface area contributed by atoms with Crippen molar-refractivity contribution in [2.24, 2.45) is 11.7 Å². The van der Waals surface area contributed by atoms with Crippen molar-refractivity contribution in [1.82, 2.24) is 0 Å². The van der Waals surface area contributed by atoms with Gasteiger partial charge in [0, 0.05) is 11.8 Å². The summed E-state index contributed by atoms with van der Waals surface area (Å²) in [7, 11) is 0. The number of benzene rings is 1. The van der Waals surface area contributed by atoms with E-state index in [1.165, 1.54) is 18.2 Å².